The number of halogens is 2. The zero-order chi connectivity index (χ0) is 15.6. The molecule has 21 heavy (non-hydrogen) atoms. The van der Waals surface area contributed by atoms with Gasteiger partial charge in [0.05, 0.1) is 11.3 Å². The highest BCUT2D eigenvalue weighted by atomic mass is 79.9. The van der Waals surface area contributed by atoms with Crippen LogP contribution in [-0.2, 0) is 0 Å². The molecule has 0 aliphatic heterocycles. The van der Waals surface area contributed by atoms with Crippen LogP contribution in [0.2, 0.25) is 0 Å². The molecule has 0 saturated carbocycles. The Balaban J connectivity index is 2.33. The predicted octanol–water partition coefficient (Wildman–Crippen LogP) is 3.25. The first-order valence-electron chi connectivity index (χ1n) is 6.05. The number of nitrogens with one attached hydrogen (secondary N) is 1. The summed E-state index contributed by atoms with van der Waals surface area (Å²) in [7, 11) is 0. The lowest BCUT2D eigenvalue weighted by atomic mass is 10.1. The van der Waals surface area contributed by atoms with Gasteiger partial charge in [0.15, 0.2) is 0 Å². The van der Waals surface area contributed by atoms with E-state index in [1.165, 1.54) is 12.1 Å². The lowest BCUT2D eigenvalue weighted by Gasteiger charge is -2.09. The Morgan fingerprint density at radius 1 is 1.19 bits per heavy atom. The maximum absolute atomic E-state index is 13.7. The van der Waals surface area contributed by atoms with Crippen molar-refractivity contribution in [3.63, 3.8) is 0 Å². The van der Waals surface area contributed by atoms with Gasteiger partial charge < -0.3 is 11.1 Å². The van der Waals surface area contributed by atoms with Gasteiger partial charge in [0.2, 0.25) is 5.91 Å². The highest BCUT2D eigenvalue weighted by Crippen LogP contribution is 2.21. The molecule has 2 aromatic carbocycles. The minimum atomic E-state index is -0.692. The monoisotopic (exact) mass is 350 g/mol. The third-order valence-corrected chi connectivity index (χ3v) is 3.56. The summed E-state index contributed by atoms with van der Waals surface area (Å²) in [6, 6.07) is 8.81. The number of benzene rings is 2. The normalized spacial score (nSPS) is 10.2. The first kappa shape index (κ1) is 15.2. The average molecular weight is 351 g/mol. The Hall–Kier alpha value is -2.21. The van der Waals surface area contributed by atoms with Crippen LogP contribution in [0.3, 0.4) is 0 Å². The van der Waals surface area contributed by atoms with Crippen molar-refractivity contribution >= 4 is 33.4 Å². The summed E-state index contributed by atoms with van der Waals surface area (Å²) >= 11 is 3.27. The van der Waals surface area contributed by atoms with Gasteiger partial charge in [-0.1, -0.05) is 11.6 Å². The highest BCUT2D eigenvalue weighted by molar-refractivity contribution is 9.10. The molecule has 0 saturated heterocycles. The molecule has 0 spiro atoms. The molecular formula is C15H12BrFN2O2. The molecule has 108 valence electrons. The van der Waals surface area contributed by atoms with Crippen LogP contribution < -0.4 is 11.1 Å². The number of nitrogens with two attached hydrogens (primary N) is 1. The molecule has 2 aromatic rings. The maximum Gasteiger partial charge on any atom is 0.256 e. The third-order valence-electron chi connectivity index (χ3n) is 2.87. The fraction of sp³-hybridized carbons (Fsp3) is 0.0667. The fourth-order valence-electron chi connectivity index (χ4n) is 1.78. The van der Waals surface area contributed by atoms with Crippen molar-refractivity contribution in [2.45, 2.75) is 6.92 Å². The number of carbonyl (C=O) groups is 2. The van der Waals surface area contributed by atoms with Gasteiger partial charge in [-0.3, -0.25) is 9.59 Å². The molecule has 4 nitrogen and oxygen atoms in total. The van der Waals surface area contributed by atoms with E-state index in [4.69, 9.17) is 5.73 Å². The van der Waals surface area contributed by atoms with E-state index in [9.17, 15) is 14.0 Å². The lowest BCUT2D eigenvalue weighted by Crippen LogP contribution is -2.16. The molecule has 2 amide bonds. The second kappa shape index (κ2) is 6.05. The van der Waals surface area contributed by atoms with Gasteiger partial charge in [-0.05, 0) is 53.2 Å². The second-order valence-corrected chi connectivity index (χ2v) is 5.35. The average Bonchev–Trinajstić information content (AvgIpc) is 2.43. The van der Waals surface area contributed by atoms with E-state index in [2.05, 4.69) is 21.2 Å². The second-order valence-electron chi connectivity index (χ2n) is 4.50. The molecule has 3 N–H and O–H groups in total. The van der Waals surface area contributed by atoms with Gasteiger partial charge in [0.25, 0.3) is 5.91 Å². The van der Waals surface area contributed by atoms with Crippen molar-refractivity contribution in [3.8, 4) is 0 Å². The number of aryl methyl sites for hydroxylation is 1. The minimum Gasteiger partial charge on any atom is -0.366 e. The van der Waals surface area contributed by atoms with E-state index >= 15 is 0 Å². The smallest absolute Gasteiger partial charge is 0.256 e. The Kier molecular flexibility index (Phi) is 4.37. The van der Waals surface area contributed by atoms with Crippen LogP contribution in [0.1, 0.15) is 26.3 Å². The molecular weight excluding hydrogens is 339 g/mol. The Labute approximate surface area is 129 Å². The van der Waals surface area contributed by atoms with E-state index < -0.39 is 17.6 Å². The molecule has 0 heterocycles. The van der Waals surface area contributed by atoms with Crippen molar-refractivity contribution < 1.29 is 14.0 Å². The van der Waals surface area contributed by atoms with Crippen LogP contribution in [0.25, 0.3) is 0 Å². The maximum atomic E-state index is 13.7. The Bertz CT molecular complexity index is 732. The first-order valence-corrected chi connectivity index (χ1v) is 6.84. The SMILES string of the molecule is Cc1ccc(Br)c(C(=O)Nc2cc(C(N)=O)ccc2F)c1. The molecule has 0 aliphatic carbocycles. The van der Waals surface area contributed by atoms with Gasteiger partial charge in [0, 0.05) is 10.0 Å². The molecule has 0 bridgehead atoms. The number of hydrogen-bond donors (Lipinski definition) is 2. The summed E-state index contributed by atoms with van der Waals surface area (Å²) in [5.41, 5.74) is 6.44. The number of primary amides is 1. The van der Waals surface area contributed by atoms with Crippen LogP contribution in [0.15, 0.2) is 40.9 Å². The van der Waals surface area contributed by atoms with Crippen molar-refractivity contribution in [2.75, 3.05) is 5.32 Å². The lowest BCUT2D eigenvalue weighted by molar-refractivity contribution is 0.0996. The molecule has 6 heteroatoms. The summed E-state index contributed by atoms with van der Waals surface area (Å²) in [6.07, 6.45) is 0. The summed E-state index contributed by atoms with van der Waals surface area (Å²) in [6.45, 7) is 1.84. The molecule has 0 fully saturated rings. The fourth-order valence-corrected chi connectivity index (χ4v) is 2.20. The largest absolute Gasteiger partial charge is 0.366 e. The molecule has 0 atom stereocenters. The van der Waals surface area contributed by atoms with E-state index in [1.54, 1.807) is 12.1 Å². The molecule has 0 radical (unpaired) electrons. The summed E-state index contributed by atoms with van der Waals surface area (Å²) in [5.74, 6) is -1.81. The zero-order valence-corrected chi connectivity index (χ0v) is 12.7. The topological polar surface area (TPSA) is 72.2 Å². The van der Waals surface area contributed by atoms with Crippen LogP contribution in [0.5, 0.6) is 0 Å². The van der Waals surface area contributed by atoms with Crippen molar-refractivity contribution in [1.29, 1.82) is 0 Å². The number of amides is 2. The van der Waals surface area contributed by atoms with Gasteiger partial charge in [0.1, 0.15) is 5.82 Å². The third kappa shape index (κ3) is 3.46. The van der Waals surface area contributed by atoms with E-state index in [1.807, 2.05) is 13.0 Å². The van der Waals surface area contributed by atoms with Crippen LogP contribution >= 0.6 is 15.9 Å². The summed E-state index contributed by atoms with van der Waals surface area (Å²) < 4.78 is 14.3. The summed E-state index contributed by atoms with van der Waals surface area (Å²) in [4.78, 5) is 23.3. The minimum absolute atomic E-state index is 0.0929. The van der Waals surface area contributed by atoms with Crippen LogP contribution in [0.4, 0.5) is 10.1 Å². The predicted molar refractivity (Wildman–Crippen MR) is 81.8 cm³/mol. The quantitative estimate of drug-likeness (QED) is 0.891. The first-order chi connectivity index (χ1) is 9.88. The Morgan fingerprint density at radius 3 is 2.57 bits per heavy atom. The van der Waals surface area contributed by atoms with Gasteiger partial charge >= 0.3 is 0 Å². The number of carbonyl (C=O) groups excluding carboxylic acids is 2. The molecule has 0 aromatic heterocycles. The standard InChI is InChI=1S/C15H12BrFN2O2/c1-8-2-4-11(16)10(6-8)15(21)19-13-7-9(14(18)20)3-5-12(13)17/h2-7H,1H3,(H2,18,20)(H,19,21). The van der Waals surface area contributed by atoms with Crippen LogP contribution in [0, 0.1) is 12.7 Å². The molecule has 0 unspecified atom stereocenters. The number of anilines is 1. The highest BCUT2D eigenvalue weighted by Gasteiger charge is 2.14. The number of hydrogen-bond acceptors (Lipinski definition) is 2. The Morgan fingerprint density at radius 2 is 1.90 bits per heavy atom. The van der Waals surface area contributed by atoms with Gasteiger partial charge in [-0.25, -0.2) is 4.39 Å². The summed E-state index contributed by atoms with van der Waals surface area (Å²) in [5, 5.41) is 2.44. The van der Waals surface area contributed by atoms with E-state index in [0.717, 1.165) is 11.6 Å². The van der Waals surface area contributed by atoms with E-state index in [-0.39, 0.29) is 11.3 Å². The zero-order valence-electron chi connectivity index (χ0n) is 11.1. The number of rotatable bonds is 3. The van der Waals surface area contributed by atoms with Gasteiger partial charge in [-0.2, -0.15) is 0 Å². The van der Waals surface area contributed by atoms with Crippen molar-refractivity contribution in [1.82, 2.24) is 0 Å². The molecule has 0 aliphatic rings. The van der Waals surface area contributed by atoms with Crippen LogP contribution in [-0.4, -0.2) is 11.8 Å². The van der Waals surface area contributed by atoms with Crippen molar-refractivity contribution in [2.24, 2.45) is 5.73 Å². The van der Waals surface area contributed by atoms with Crippen molar-refractivity contribution in [3.05, 3.63) is 63.4 Å². The molecule has 2 rings (SSSR count). The van der Waals surface area contributed by atoms with E-state index in [0.29, 0.717) is 10.0 Å². The van der Waals surface area contributed by atoms with Gasteiger partial charge in [-0.15, -0.1) is 0 Å².